The number of esters is 2. The highest BCUT2D eigenvalue weighted by atomic mass is 16.5. The number of hydrogen-bond donors (Lipinski definition) is 0. The van der Waals surface area contributed by atoms with Crippen LogP contribution in [0.15, 0.2) is 18.2 Å². The summed E-state index contributed by atoms with van der Waals surface area (Å²) in [5.74, 6) is -0.767. The van der Waals surface area contributed by atoms with Crippen LogP contribution in [0.5, 0.6) is 0 Å². The third-order valence-corrected chi connectivity index (χ3v) is 8.34. The van der Waals surface area contributed by atoms with E-state index >= 15 is 0 Å². The van der Waals surface area contributed by atoms with Crippen LogP contribution in [-0.4, -0.2) is 25.2 Å². The zero-order chi connectivity index (χ0) is 30.5. The summed E-state index contributed by atoms with van der Waals surface area (Å²) >= 11 is 0. The normalized spacial score (nSPS) is 11.1. The van der Waals surface area contributed by atoms with Crippen molar-refractivity contribution in [3.63, 3.8) is 0 Å². The van der Waals surface area contributed by atoms with Gasteiger partial charge in [-0.1, -0.05) is 168 Å². The second-order valence-corrected chi connectivity index (χ2v) is 12.3. The molecule has 0 aliphatic rings. The summed E-state index contributed by atoms with van der Waals surface area (Å²) in [6.45, 7) is 7.52. The highest BCUT2D eigenvalue weighted by Gasteiger charge is 2.23. The second-order valence-electron chi connectivity index (χ2n) is 12.3. The monoisotopic (exact) mass is 586 g/mol. The van der Waals surface area contributed by atoms with Crippen LogP contribution < -0.4 is 0 Å². The van der Waals surface area contributed by atoms with Gasteiger partial charge in [-0.2, -0.15) is 0 Å². The summed E-state index contributed by atoms with van der Waals surface area (Å²) in [5.41, 5.74) is 1.71. The van der Waals surface area contributed by atoms with Gasteiger partial charge in [-0.25, -0.2) is 9.59 Å². The smallest absolute Gasteiger partial charge is 0.339 e. The van der Waals surface area contributed by atoms with Crippen molar-refractivity contribution in [2.45, 2.75) is 181 Å². The molecule has 0 radical (unpaired) electrons. The zero-order valence-electron chi connectivity index (χ0n) is 28.0. The van der Waals surface area contributed by atoms with Crippen molar-refractivity contribution in [3.8, 4) is 0 Å². The standard InChI is InChI=1S/C38H66O4/c1-4-7-10-13-16-17-18-19-20-21-24-26-32-41-37(39)35-31-28-30-34(29-25-22-14-11-8-5-2)36(35)38(40)42-33-27-23-15-12-9-6-3/h28,30-31H,4-27,29,32-33H2,1-3H3. The first kappa shape index (κ1) is 38.2. The number of rotatable bonds is 29. The summed E-state index contributed by atoms with van der Waals surface area (Å²) < 4.78 is 11.4. The lowest BCUT2D eigenvalue weighted by Gasteiger charge is -2.14. The van der Waals surface area contributed by atoms with Crippen molar-refractivity contribution < 1.29 is 19.1 Å². The molecular weight excluding hydrogens is 520 g/mol. The fourth-order valence-electron chi connectivity index (χ4n) is 5.62. The summed E-state index contributed by atoms with van der Waals surface area (Å²) in [6, 6.07) is 5.60. The average Bonchev–Trinajstić information content (AvgIpc) is 3.00. The van der Waals surface area contributed by atoms with Crippen LogP contribution >= 0.6 is 0 Å². The van der Waals surface area contributed by atoms with Crippen molar-refractivity contribution in [1.82, 2.24) is 0 Å². The lowest BCUT2D eigenvalue weighted by Crippen LogP contribution is -2.17. The number of hydrogen-bond acceptors (Lipinski definition) is 4. The first-order valence-electron chi connectivity index (χ1n) is 18.1. The van der Waals surface area contributed by atoms with E-state index in [2.05, 4.69) is 20.8 Å². The predicted molar refractivity (Wildman–Crippen MR) is 179 cm³/mol. The van der Waals surface area contributed by atoms with E-state index in [9.17, 15) is 9.59 Å². The van der Waals surface area contributed by atoms with Gasteiger partial charge in [-0.3, -0.25) is 0 Å². The Bertz CT molecular complexity index is 787. The third kappa shape index (κ3) is 19.4. The van der Waals surface area contributed by atoms with E-state index in [1.54, 1.807) is 6.07 Å². The second kappa shape index (κ2) is 28.0. The van der Waals surface area contributed by atoms with Gasteiger partial charge >= 0.3 is 11.9 Å². The summed E-state index contributed by atoms with van der Waals surface area (Å²) in [5, 5.41) is 0. The van der Waals surface area contributed by atoms with Crippen LogP contribution in [0.3, 0.4) is 0 Å². The van der Waals surface area contributed by atoms with E-state index in [1.807, 2.05) is 12.1 Å². The van der Waals surface area contributed by atoms with Gasteiger partial charge < -0.3 is 9.47 Å². The van der Waals surface area contributed by atoms with Gasteiger partial charge in [-0.05, 0) is 37.3 Å². The molecule has 1 aromatic carbocycles. The molecule has 242 valence electrons. The molecule has 1 rings (SSSR count). The molecule has 0 aliphatic carbocycles. The fourth-order valence-corrected chi connectivity index (χ4v) is 5.62. The quantitative estimate of drug-likeness (QED) is 0.0692. The average molecular weight is 587 g/mol. The van der Waals surface area contributed by atoms with E-state index in [4.69, 9.17) is 9.47 Å². The molecule has 0 N–H and O–H groups in total. The number of benzene rings is 1. The molecule has 0 fully saturated rings. The van der Waals surface area contributed by atoms with E-state index < -0.39 is 5.97 Å². The van der Waals surface area contributed by atoms with Crippen LogP contribution in [0, 0.1) is 0 Å². The molecule has 0 aromatic heterocycles. The fraction of sp³-hybridized carbons (Fsp3) is 0.789. The Morgan fingerprint density at radius 2 is 0.857 bits per heavy atom. The van der Waals surface area contributed by atoms with Gasteiger partial charge in [0.15, 0.2) is 0 Å². The van der Waals surface area contributed by atoms with Crippen LogP contribution in [0.2, 0.25) is 0 Å². The van der Waals surface area contributed by atoms with Gasteiger partial charge in [0.05, 0.1) is 24.3 Å². The van der Waals surface area contributed by atoms with Crippen molar-refractivity contribution in [2.24, 2.45) is 0 Å². The van der Waals surface area contributed by atoms with Gasteiger partial charge in [0.25, 0.3) is 0 Å². The summed E-state index contributed by atoms with van der Waals surface area (Å²) in [4.78, 5) is 26.4. The molecule has 0 bridgehead atoms. The first-order valence-corrected chi connectivity index (χ1v) is 18.1. The van der Waals surface area contributed by atoms with E-state index in [0.29, 0.717) is 24.3 Å². The SMILES string of the molecule is CCCCCCCCCCCCCCOC(=O)c1cccc(CCCCCCCC)c1C(=O)OCCCCCCCC. The molecule has 4 nitrogen and oxygen atoms in total. The largest absolute Gasteiger partial charge is 0.462 e. The van der Waals surface area contributed by atoms with Crippen molar-refractivity contribution in [3.05, 3.63) is 34.9 Å². The summed E-state index contributed by atoms with van der Waals surface area (Å²) in [6.07, 6.45) is 30.0. The van der Waals surface area contributed by atoms with Crippen LogP contribution in [0.25, 0.3) is 0 Å². The highest BCUT2D eigenvalue weighted by Crippen LogP contribution is 2.21. The zero-order valence-corrected chi connectivity index (χ0v) is 28.0. The van der Waals surface area contributed by atoms with Crippen molar-refractivity contribution in [1.29, 1.82) is 0 Å². The molecule has 0 unspecified atom stereocenters. The number of ether oxygens (including phenoxy) is 2. The number of carbonyl (C=O) groups excluding carboxylic acids is 2. The molecule has 0 spiro atoms. The lowest BCUT2D eigenvalue weighted by molar-refractivity contribution is 0.0449. The number of unbranched alkanes of at least 4 members (excludes halogenated alkanes) is 21. The van der Waals surface area contributed by atoms with Gasteiger partial charge in [0.1, 0.15) is 0 Å². The first-order chi connectivity index (χ1) is 20.7. The molecule has 0 amide bonds. The van der Waals surface area contributed by atoms with Gasteiger partial charge in [0, 0.05) is 0 Å². The van der Waals surface area contributed by atoms with Gasteiger partial charge in [-0.15, -0.1) is 0 Å². The minimum absolute atomic E-state index is 0.366. The molecule has 0 aliphatic heterocycles. The molecule has 0 heterocycles. The van der Waals surface area contributed by atoms with E-state index in [-0.39, 0.29) is 5.97 Å². The number of carbonyl (C=O) groups is 2. The molecule has 0 saturated carbocycles. The molecule has 0 saturated heterocycles. The van der Waals surface area contributed by atoms with E-state index in [0.717, 1.165) is 50.5 Å². The Kier molecular flexibility index (Phi) is 25.4. The topological polar surface area (TPSA) is 52.6 Å². The maximum atomic E-state index is 13.3. The Hall–Kier alpha value is -1.84. The predicted octanol–water partition coefficient (Wildman–Crippen LogP) is 12.0. The molecule has 4 heteroatoms. The maximum absolute atomic E-state index is 13.3. The minimum atomic E-state index is -0.394. The number of aryl methyl sites for hydroxylation is 1. The van der Waals surface area contributed by atoms with Crippen molar-refractivity contribution >= 4 is 11.9 Å². The van der Waals surface area contributed by atoms with Crippen molar-refractivity contribution in [2.75, 3.05) is 13.2 Å². The Labute approximate surface area is 260 Å². The summed E-state index contributed by atoms with van der Waals surface area (Å²) in [7, 11) is 0. The highest BCUT2D eigenvalue weighted by molar-refractivity contribution is 6.04. The third-order valence-electron chi connectivity index (χ3n) is 8.34. The molecular formula is C38H66O4. The van der Waals surface area contributed by atoms with Crippen LogP contribution in [-0.2, 0) is 15.9 Å². The lowest BCUT2D eigenvalue weighted by atomic mass is 9.96. The maximum Gasteiger partial charge on any atom is 0.339 e. The Balaban J connectivity index is 2.53. The Morgan fingerprint density at radius 1 is 0.476 bits per heavy atom. The van der Waals surface area contributed by atoms with Crippen LogP contribution in [0.4, 0.5) is 0 Å². The van der Waals surface area contributed by atoms with E-state index in [1.165, 1.54) is 116 Å². The van der Waals surface area contributed by atoms with Crippen LogP contribution in [0.1, 0.15) is 201 Å². The van der Waals surface area contributed by atoms with Gasteiger partial charge in [0.2, 0.25) is 0 Å². The minimum Gasteiger partial charge on any atom is -0.462 e. The Morgan fingerprint density at radius 3 is 1.31 bits per heavy atom. The molecule has 42 heavy (non-hydrogen) atoms. The molecule has 1 aromatic rings. The molecule has 0 atom stereocenters.